The summed E-state index contributed by atoms with van der Waals surface area (Å²) < 4.78 is 0. The summed E-state index contributed by atoms with van der Waals surface area (Å²) in [5.74, 6) is -1.56. The van der Waals surface area contributed by atoms with E-state index >= 15 is 0 Å². The van der Waals surface area contributed by atoms with Crippen LogP contribution in [0.3, 0.4) is 0 Å². The Kier molecular flexibility index (Phi) is 7.55. The summed E-state index contributed by atoms with van der Waals surface area (Å²) in [6.07, 6.45) is -0.0545. The van der Waals surface area contributed by atoms with Crippen molar-refractivity contribution in [1.29, 1.82) is 0 Å². The summed E-state index contributed by atoms with van der Waals surface area (Å²) in [7, 11) is 0. The van der Waals surface area contributed by atoms with Gasteiger partial charge in [-0.25, -0.2) is 0 Å². The lowest BCUT2D eigenvalue weighted by Crippen LogP contribution is -2.31. The molecule has 0 saturated heterocycles. The van der Waals surface area contributed by atoms with E-state index in [0.29, 0.717) is 28.2 Å². The molecule has 0 aliphatic rings. The maximum Gasteiger partial charge on any atom is 0.320 e. The summed E-state index contributed by atoms with van der Waals surface area (Å²) in [5.41, 5.74) is 8.27. The number of carbonyl (C=O) groups excluding carboxylic acids is 1. The number of nitro benzene ring substituents is 1. The quantitative estimate of drug-likeness (QED) is 0.242. The van der Waals surface area contributed by atoms with Gasteiger partial charge in [-0.15, -0.1) is 5.11 Å². The fraction of sp³-hybridized carbons (Fsp3) is 0.130. The number of hydrogen-bond donors (Lipinski definition) is 3. The number of nitrogens with one attached hydrogen (secondary N) is 1. The third-order valence-electron chi connectivity index (χ3n) is 4.70. The van der Waals surface area contributed by atoms with Crippen molar-refractivity contribution in [3.63, 3.8) is 0 Å². The fourth-order valence-electron chi connectivity index (χ4n) is 2.94. The normalized spacial score (nSPS) is 11.8. The standard InChI is InChI=1S/C23H21N5O5/c24-20(23(30)31)12-13-22(29)25-17-8-11-19(15-6-9-18(10-7-15)28(32)33)21(14-17)27-26-16-4-2-1-3-5-16/h1-11,14,20H,12-13,24H2,(H,25,29)(H,30,31). The summed E-state index contributed by atoms with van der Waals surface area (Å²) in [6, 6.07) is 19.0. The van der Waals surface area contributed by atoms with Gasteiger partial charge in [0.2, 0.25) is 5.91 Å². The molecule has 0 bridgehead atoms. The van der Waals surface area contributed by atoms with Crippen LogP contribution in [0.1, 0.15) is 12.8 Å². The van der Waals surface area contributed by atoms with Crippen molar-refractivity contribution in [1.82, 2.24) is 0 Å². The molecule has 1 unspecified atom stereocenters. The Morgan fingerprint density at radius 3 is 2.36 bits per heavy atom. The molecule has 168 valence electrons. The number of benzene rings is 3. The Hall–Kier alpha value is -4.44. The van der Waals surface area contributed by atoms with Crippen LogP contribution in [0, 0.1) is 10.1 Å². The number of azo groups is 1. The highest BCUT2D eigenvalue weighted by Gasteiger charge is 2.15. The lowest BCUT2D eigenvalue weighted by Gasteiger charge is -2.11. The van der Waals surface area contributed by atoms with E-state index in [4.69, 9.17) is 10.8 Å². The van der Waals surface area contributed by atoms with Crippen LogP contribution in [0.2, 0.25) is 0 Å². The van der Waals surface area contributed by atoms with Gasteiger partial charge in [-0.3, -0.25) is 19.7 Å². The van der Waals surface area contributed by atoms with Crippen LogP contribution in [0.15, 0.2) is 83.0 Å². The zero-order chi connectivity index (χ0) is 23.8. The fourth-order valence-corrected chi connectivity index (χ4v) is 2.94. The van der Waals surface area contributed by atoms with Crippen molar-refractivity contribution >= 4 is 34.6 Å². The second-order valence-electron chi connectivity index (χ2n) is 7.10. The molecule has 0 fully saturated rings. The van der Waals surface area contributed by atoms with Gasteiger partial charge in [0.05, 0.1) is 16.3 Å². The van der Waals surface area contributed by atoms with Crippen LogP contribution in [0.25, 0.3) is 11.1 Å². The van der Waals surface area contributed by atoms with E-state index in [0.717, 1.165) is 0 Å². The first-order valence-corrected chi connectivity index (χ1v) is 9.97. The Labute approximate surface area is 188 Å². The monoisotopic (exact) mass is 447 g/mol. The van der Waals surface area contributed by atoms with E-state index in [9.17, 15) is 19.7 Å². The minimum atomic E-state index is -1.17. The molecule has 0 saturated carbocycles. The maximum atomic E-state index is 12.2. The van der Waals surface area contributed by atoms with Gasteiger partial charge in [-0.1, -0.05) is 24.3 Å². The van der Waals surface area contributed by atoms with E-state index in [1.54, 1.807) is 42.5 Å². The predicted octanol–water partition coefficient (Wildman–Crippen LogP) is 4.81. The van der Waals surface area contributed by atoms with Crippen molar-refractivity contribution in [2.45, 2.75) is 18.9 Å². The number of non-ortho nitro benzene ring substituents is 1. The van der Waals surface area contributed by atoms with Crippen LogP contribution >= 0.6 is 0 Å². The number of nitro groups is 1. The molecule has 10 nitrogen and oxygen atoms in total. The van der Waals surface area contributed by atoms with Gasteiger partial charge in [-0.05, 0) is 48.4 Å². The molecule has 33 heavy (non-hydrogen) atoms. The van der Waals surface area contributed by atoms with Crippen molar-refractivity contribution in [3.05, 3.63) is 82.9 Å². The third kappa shape index (κ3) is 6.52. The number of carboxylic acid groups (broad SMARTS) is 1. The largest absolute Gasteiger partial charge is 0.480 e. The first kappa shape index (κ1) is 23.2. The second-order valence-corrected chi connectivity index (χ2v) is 7.10. The maximum absolute atomic E-state index is 12.2. The average molecular weight is 447 g/mol. The van der Waals surface area contributed by atoms with Crippen LogP contribution in [-0.4, -0.2) is 27.9 Å². The van der Waals surface area contributed by atoms with Crippen LogP contribution in [-0.2, 0) is 9.59 Å². The number of carboxylic acids is 1. The van der Waals surface area contributed by atoms with Crippen LogP contribution < -0.4 is 11.1 Å². The molecule has 0 aliphatic carbocycles. The molecule has 0 heterocycles. The zero-order valence-electron chi connectivity index (χ0n) is 17.4. The first-order valence-electron chi connectivity index (χ1n) is 9.97. The van der Waals surface area contributed by atoms with E-state index in [1.807, 2.05) is 18.2 Å². The van der Waals surface area contributed by atoms with Crippen LogP contribution in [0.4, 0.5) is 22.7 Å². The highest BCUT2D eigenvalue weighted by Crippen LogP contribution is 2.35. The third-order valence-corrected chi connectivity index (χ3v) is 4.70. The molecular formula is C23H21N5O5. The molecule has 1 amide bonds. The molecule has 0 aromatic heterocycles. The average Bonchev–Trinajstić information content (AvgIpc) is 2.82. The molecule has 4 N–H and O–H groups in total. The number of nitrogens with two attached hydrogens (primary N) is 1. The summed E-state index contributed by atoms with van der Waals surface area (Å²) in [4.78, 5) is 33.5. The molecule has 3 rings (SSSR count). The molecule has 0 radical (unpaired) electrons. The predicted molar refractivity (Wildman–Crippen MR) is 123 cm³/mol. The number of rotatable bonds is 9. The lowest BCUT2D eigenvalue weighted by molar-refractivity contribution is -0.384. The number of hydrogen-bond acceptors (Lipinski definition) is 7. The molecule has 10 heteroatoms. The number of nitrogens with zero attached hydrogens (tertiary/aromatic N) is 3. The molecule has 1 atom stereocenters. The lowest BCUT2D eigenvalue weighted by atomic mass is 10.0. The van der Waals surface area contributed by atoms with E-state index in [-0.39, 0.29) is 24.4 Å². The zero-order valence-corrected chi connectivity index (χ0v) is 17.4. The molecule has 0 spiro atoms. The Balaban J connectivity index is 1.88. The Bertz CT molecular complexity index is 1180. The van der Waals surface area contributed by atoms with Crippen molar-refractivity contribution in [2.24, 2.45) is 16.0 Å². The second kappa shape index (κ2) is 10.7. The topological polar surface area (TPSA) is 160 Å². The van der Waals surface area contributed by atoms with E-state index in [1.165, 1.54) is 12.1 Å². The van der Waals surface area contributed by atoms with Gasteiger partial charge in [0.15, 0.2) is 0 Å². The van der Waals surface area contributed by atoms with E-state index in [2.05, 4.69) is 15.5 Å². The Morgan fingerprint density at radius 1 is 1.03 bits per heavy atom. The smallest absolute Gasteiger partial charge is 0.320 e. The number of aliphatic carboxylic acids is 1. The van der Waals surface area contributed by atoms with Gasteiger partial charge < -0.3 is 16.2 Å². The van der Waals surface area contributed by atoms with Gasteiger partial charge in [0, 0.05) is 29.8 Å². The SMILES string of the molecule is NC(CCC(=O)Nc1ccc(-c2ccc([N+](=O)[O-])cc2)c(N=Nc2ccccc2)c1)C(=O)O. The highest BCUT2D eigenvalue weighted by molar-refractivity contribution is 5.92. The number of anilines is 1. The van der Waals surface area contributed by atoms with Crippen molar-refractivity contribution < 1.29 is 19.6 Å². The molecule has 0 aliphatic heterocycles. The summed E-state index contributed by atoms with van der Waals surface area (Å²) in [5, 5.41) is 31.0. The van der Waals surface area contributed by atoms with Gasteiger partial charge in [0.1, 0.15) is 6.04 Å². The molecule has 3 aromatic rings. The summed E-state index contributed by atoms with van der Waals surface area (Å²) in [6.45, 7) is 0. The van der Waals surface area contributed by atoms with Crippen molar-refractivity contribution in [3.8, 4) is 11.1 Å². The minimum Gasteiger partial charge on any atom is -0.480 e. The molecule has 3 aromatic carbocycles. The van der Waals surface area contributed by atoms with Crippen molar-refractivity contribution in [2.75, 3.05) is 5.32 Å². The summed E-state index contributed by atoms with van der Waals surface area (Å²) >= 11 is 0. The highest BCUT2D eigenvalue weighted by atomic mass is 16.6. The minimum absolute atomic E-state index is 0.00260. The first-order chi connectivity index (χ1) is 15.8. The van der Waals surface area contributed by atoms with Gasteiger partial charge in [0.25, 0.3) is 5.69 Å². The number of carbonyl (C=O) groups is 2. The molecular weight excluding hydrogens is 426 g/mol. The van der Waals surface area contributed by atoms with Gasteiger partial charge >= 0.3 is 5.97 Å². The van der Waals surface area contributed by atoms with Gasteiger partial charge in [-0.2, -0.15) is 5.11 Å². The Morgan fingerprint density at radius 2 is 1.73 bits per heavy atom. The number of amides is 1. The van der Waals surface area contributed by atoms with Crippen LogP contribution in [0.5, 0.6) is 0 Å². The van der Waals surface area contributed by atoms with E-state index < -0.39 is 16.9 Å².